The molecule has 3 aliphatic heterocycles. The Labute approximate surface area is 290 Å². The quantitative estimate of drug-likeness (QED) is 0.227. The second kappa shape index (κ2) is 12.9. The lowest BCUT2D eigenvalue weighted by molar-refractivity contribution is -0.136. The highest BCUT2D eigenvalue weighted by molar-refractivity contribution is 6.23. The summed E-state index contributed by atoms with van der Waals surface area (Å²) in [5.41, 5.74) is 13.2. The van der Waals surface area contributed by atoms with Gasteiger partial charge in [-0.3, -0.25) is 39.4 Å². The minimum Gasteiger partial charge on any atom is -0.401 e. The molecule has 258 valence electrons. The van der Waals surface area contributed by atoms with Crippen molar-refractivity contribution in [3.05, 3.63) is 65.1 Å². The number of carbonyl (C=O) groups is 4. The van der Waals surface area contributed by atoms with Crippen molar-refractivity contribution < 1.29 is 19.2 Å². The number of allylic oxidation sites excluding steroid dienone is 2. The van der Waals surface area contributed by atoms with Gasteiger partial charge in [-0.15, -0.1) is 0 Å². The maximum absolute atomic E-state index is 13.2. The standard InChI is InChI=1S/C37H41N9O4/c1-44-10-12-45(13-11-44)25-5-7-29-30(17-25)41-20-31(42-29)28(34(38)22-2-3-22)19-40-24-14-21(15-24)18-39-23-4-6-26-27(16-23)37(50)46(36(26)49)32-8-9-33(47)43-35(32)48/h4-7,16-17,19-22,24,32,39H,2-3,8-15,18,38H2,1H3,(H,43,47,48). The van der Waals surface area contributed by atoms with Crippen LogP contribution in [0.15, 0.2) is 53.3 Å². The van der Waals surface area contributed by atoms with Gasteiger partial charge in [0.25, 0.3) is 11.8 Å². The first-order valence-electron chi connectivity index (χ1n) is 17.5. The summed E-state index contributed by atoms with van der Waals surface area (Å²) in [5, 5.41) is 5.63. The Morgan fingerprint density at radius 3 is 2.52 bits per heavy atom. The summed E-state index contributed by atoms with van der Waals surface area (Å²) in [4.78, 5) is 70.5. The minimum atomic E-state index is -0.979. The van der Waals surface area contributed by atoms with Crippen LogP contribution in [0.2, 0.25) is 0 Å². The fourth-order valence-corrected chi connectivity index (χ4v) is 7.31. The number of carbonyl (C=O) groups excluding carboxylic acids is 4. The van der Waals surface area contributed by atoms with E-state index < -0.39 is 29.7 Å². The Morgan fingerprint density at radius 1 is 0.980 bits per heavy atom. The highest BCUT2D eigenvalue weighted by Crippen LogP contribution is 2.38. The fourth-order valence-electron chi connectivity index (χ4n) is 7.31. The van der Waals surface area contributed by atoms with Crippen molar-refractivity contribution in [3.63, 3.8) is 0 Å². The minimum absolute atomic E-state index is 0.0877. The summed E-state index contributed by atoms with van der Waals surface area (Å²) in [6.45, 7) is 4.78. The maximum Gasteiger partial charge on any atom is 0.262 e. The molecule has 5 aliphatic rings. The lowest BCUT2D eigenvalue weighted by Gasteiger charge is -2.34. The molecule has 0 radical (unpaired) electrons. The number of hydrogen-bond acceptors (Lipinski definition) is 11. The zero-order valence-electron chi connectivity index (χ0n) is 28.1. The van der Waals surface area contributed by atoms with E-state index in [0.29, 0.717) is 18.4 Å². The van der Waals surface area contributed by atoms with Crippen molar-refractivity contribution in [2.45, 2.75) is 50.6 Å². The average Bonchev–Trinajstić information content (AvgIpc) is 3.92. The van der Waals surface area contributed by atoms with E-state index in [1.807, 2.05) is 18.5 Å². The smallest absolute Gasteiger partial charge is 0.262 e. The van der Waals surface area contributed by atoms with Crippen molar-refractivity contribution in [1.82, 2.24) is 25.1 Å². The lowest BCUT2D eigenvalue weighted by Crippen LogP contribution is -2.54. The van der Waals surface area contributed by atoms with E-state index >= 15 is 0 Å². The number of nitrogens with zero attached hydrogens (tertiary/aromatic N) is 6. The molecule has 1 atom stereocenters. The molecule has 4 N–H and O–H groups in total. The van der Waals surface area contributed by atoms with E-state index in [1.54, 1.807) is 18.2 Å². The summed E-state index contributed by atoms with van der Waals surface area (Å²) in [6.07, 6.45) is 7.90. The second-order valence-electron chi connectivity index (χ2n) is 14.2. The van der Waals surface area contributed by atoms with Crippen molar-refractivity contribution in [1.29, 1.82) is 0 Å². The molecule has 2 aromatic carbocycles. The number of aliphatic imine (C=N–C) groups is 1. The summed E-state index contributed by atoms with van der Waals surface area (Å²) in [5.74, 6) is -1.28. The number of imide groups is 2. The predicted octanol–water partition coefficient (Wildman–Crippen LogP) is 2.82. The highest BCUT2D eigenvalue weighted by Gasteiger charge is 2.44. The molecule has 8 rings (SSSR count). The third-order valence-corrected chi connectivity index (χ3v) is 10.7. The van der Waals surface area contributed by atoms with E-state index in [-0.39, 0.29) is 30.0 Å². The zero-order valence-corrected chi connectivity index (χ0v) is 28.1. The molecule has 2 aliphatic carbocycles. The first-order chi connectivity index (χ1) is 24.2. The topological polar surface area (TPSA) is 166 Å². The number of piperazine rings is 1. The molecule has 4 fully saturated rings. The van der Waals surface area contributed by atoms with Gasteiger partial charge in [0.05, 0.1) is 40.1 Å². The summed E-state index contributed by atoms with van der Waals surface area (Å²) < 4.78 is 0. The molecule has 13 nitrogen and oxygen atoms in total. The van der Waals surface area contributed by atoms with E-state index in [0.717, 1.165) is 90.4 Å². The molecule has 0 spiro atoms. The Balaban J connectivity index is 0.887. The molecule has 1 unspecified atom stereocenters. The van der Waals surface area contributed by atoms with Crippen molar-refractivity contribution >= 4 is 57.8 Å². The van der Waals surface area contributed by atoms with Crippen LogP contribution in [0.4, 0.5) is 11.4 Å². The van der Waals surface area contributed by atoms with Crippen LogP contribution in [0.25, 0.3) is 16.6 Å². The van der Waals surface area contributed by atoms with Crippen LogP contribution in [0, 0.1) is 11.8 Å². The Bertz CT molecular complexity index is 1960. The first kappa shape index (κ1) is 32.1. The Kier molecular flexibility index (Phi) is 8.30. The summed E-state index contributed by atoms with van der Waals surface area (Å²) >= 11 is 0. The number of hydrogen-bond donors (Lipinski definition) is 3. The van der Waals surface area contributed by atoms with Gasteiger partial charge in [0.1, 0.15) is 6.04 Å². The van der Waals surface area contributed by atoms with Gasteiger partial charge in [0.2, 0.25) is 11.8 Å². The normalized spacial score (nSPS) is 24.8. The van der Waals surface area contributed by atoms with Crippen LogP contribution in [-0.4, -0.2) is 101 Å². The van der Waals surface area contributed by atoms with Crippen LogP contribution in [0.5, 0.6) is 0 Å². The van der Waals surface area contributed by atoms with Gasteiger partial charge in [0.15, 0.2) is 0 Å². The van der Waals surface area contributed by atoms with Gasteiger partial charge in [-0.25, -0.2) is 4.98 Å². The molecule has 13 heteroatoms. The molecule has 50 heavy (non-hydrogen) atoms. The van der Waals surface area contributed by atoms with Crippen LogP contribution >= 0.6 is 0 Å². The SMILES string of the molecule is CN1CCN(c2ccc3nc(C(C=NC4CC(CNc5ccc6c(c5)C(=O)N(C5CCC(=O)NC5=O)C6=O)C4)=C(N)C4CC4)cnc3c2)CC1. The summed E-state index contributed by atoms with van der Waals surface area (Å²) in [6, 6.07) is 10.6. The number of amides is 4. The lowest BCUT2D eigenvalue weighted by atomic mass is 9.80. The van der Waals surface area contributed by atoms with Crippen LogP contribution in [0.1, 0.15) is 64.9 Å². The van der Waals surface area contributed by atoms with Gasteiger partial charge in [-0.2, -0.15) is 0 Å². The van der Waals surface area contributed by atoms with Gasteiger partial charge in [0, 0.05) is 68.0 Å². The van der Waals surface area contributed by atoms with Crippen LogP contribution in [-0.2, 0) is 9.59 Å². The maximum atomic E-state index is 13.2. The van der Waals surface area contributed by atoms with Crippen LogP contribution in [0.3, 0.4) is 0 Å². The van der Waals surface area contributed by atoms with Gasteiger partial charge in [-0.1, -0.05) is 0 Å². The molecule has 1 aromatic heterocycles. The van der Waals surface area contributed by atoms with E-state index in [9.17, 15) is 19.2 Å². The summed E-state index contributed by atoms with van der Waals surface area (Å²) in [7, 11) is 2.16. The number of rotatable bonds is 9. The van der Waals surface area contributed by atoms with E-state index in [4.69, 9.17) is 20.7 Å². The molecule has 4 heterocycles. The van der Waals surface area contributed by atoms with Crippen molar-refractivity contribution in [3.8, 4) is 0 Å². The predicted molar refractivity (Wildman–Crippen MR) is 190 cm³/mol. The average molecular weight is 676 g/mol. The number of likely N-dealkylation sites (N-methyl/N-ethyl adjacent to an activating group) is 1. The number of benzene rings is 2. The molecular formula is C37H41N9O4. The number of aromatic nitrogens is 2. The highest BCUT2D eigenvalue weighted by atomic mass is 16.2. The fraction of sp³-hybridized carbons (Fsp3) is 0.432. The number of nitrogens with two attached hydrogens (primary N) is 1. The third-order valence-electron chi connectivity index (χ3n) is 10.7. The number of nitrogens with one attached hydrogen (secondary N) is 2. The zero-order chi connectivity index (χ0) is 34.5. The van der Waals surface area contributed by atoms with Gasteiger partial charge in [-0.05, 0) is 87.4 Å². The second-order valence-corrected chi connectivity index (χ2v) is 14.2. The molecule has 0 bridgehead atoms. The molecular weight excluding hydrogens is 634 g/mol. The molecule has 4 amide bonds. The first-order valence-corrected chi connectivity index (χ1v) is 17.5. The molecule has 3 aromatic rings. The molecule has 2 saturated carbocycles. The largest absolute Gasteiger partial charge is 0.401 e. The number of piperidine rings is 1. The monoisotopic (exact) mass is 675 g/mol. The Hall–Kier alpha value is -5.17. The Morgan fingerprint density at radius 2 is 1.76 bits per heavy atom. The van der Waals surface area contributed by atoms with Gasteiger partial charge >= 0.3 is 0 Å². The number of anilines is 2. The van der Waals surface area contributed by atoms with E-state index in [2.05, 4.69) is 39.6 Å². The van der Waals surface area contributed by atoms with Crippen molar-refractivity contribution in [2.24, 2.45) is 22.6 Å². The number of fused-ring (bicyclic) bond motifs is 2. The van der Waals surface area contributed by atoms with Crippen LogP contribution < -0.4 is 21.3 Å². The van der Waals surface area contributed by atoms with Gasteiger partial charge < -0.3 is 20.9 Å². The molecule has 2 saturated heterocycles. The third kappa shape index (κ3) is 6.21. The van der Waals surface area contributed by atoms with Crippen molar-refractivity contribution in [2.75, 3.05) is 50.0 Å². The van der Waals surface area contributed by atoms with E-state index in [1.165, 1.54) is 5.69 Å².